The van der Waals surface area contributed by atoms with Gasteiger partial charge in [-0.2, -0.15) is 0 Å². The van der Waals surface area contributed by atoms with Gasteiger partial charge in [0.2, 0.25) is 0 Å². The second-order valence-electron chi connectivity index (χ2n) is 9.36. The van der Waals surface area contributed by atoms with Gasteiger partial charge in [-0.3, -0.25) is 4.79 Å². The Morgan fingerprint density at radius 1 is 1.21 bits per heavy atom. The Balaban J connectivity index is 1.76. The first-order valence-corrected chi connectivity index (χ1v) is 9.59. The molecule has 0 radical (unpaired) electrons. The number of rotatable bonds is 0. The van der Waals surface area contributed by atoms with E-state index >= 15 is 0 Å². The maximum absolute atomic E-state index is 12.3. The number of hydrogen-bond donors (Lipinski definition) is 2. The third-order valence-electron chi connectivity index (χ3n) is 8.34. The molecule has 24 heavy (non-hydrogen) atoms. The van der Waals surface area contributed by atoms with Crippen molar-refractivity contribution in [3.05, 3.63) is 23.5 Å². The van der Waals surface area contributed by atoms with Gasteiger partial charge in [0.05, 0.1) is 12.4 Å². The maximum atomic E-state index is 12.3. The molecule has 3 nitrogen and oxygen atoms in total. The zero-order chi connectivity index (χ0) is 17.3. The molecule has 2 unspecified atom stereocenters. The topological polar surface area (TPSA) is 57.5 Å². The number of fused-ring (bicyclic) bond motifs is 5. The monoisotopic (exact) mass is 330 g/mol. The average molecular weight is 330 g/mol. The summed E-state index contributed by atoms with van der Waals surface area (Å²) in [5.74, 6) is 2.21. The summed E-state index contributed by atoms with van der Waals surface area (Å²) in [4.78, 5) is 12.3. The third kappa shape index (κ3) is 1.97. The molecule has 7 atom stereocenters. The van der Waals surface area contributed by atoms with Crippen LogP contribution in [0.25, 0.3) is 0 Å². The Hall–Kier alpha value is -1.09. The standard InChI is InChI=1S/C21H30O3/c1-12-8-14-15-4-5-19(24)20(15,2)7-6-16(14)21(3)10-13(11-22)18(23)9-17(12)21/h9,11-12,14-16,19,22,24H,4-8,10H2,1-3H3/t12?,14-,15-,16+,19?,20-,21+/m0/s1. The lowest BCUT2D eigenvalue weighted by Gasteiger charge is -2.59. The highest BCUT2D eigenvalue weighted by atomic mass is 16.3. The zero-order valence-electron chi connectivity index (χ0n) is 15.1. The predicted molar refractivity (Wildman–Crippen MR) is 93.4 cm³/mol. The highest BCUT2D eigenvalue weighted by Crippen LogP contribution is 2.66. The normalized spacial score (nSPS) is 52.5. The number of aliphatic hydroxyl groups excluding tert-OH is 2. The Morgan fingerprint density at radius 3 is 2.67 bits per heavy atom. The molecule has 3 saturated carbocycles. The molecule has 0 saturated heterocycles. The first-order chi connectivity index (χ1) is 11.3. The van der Waals surface area contributed by atoms with E-state index in [-0.39, 0.29) is 22.7 Å². The molecule has 0 aromatic carbocycles. The fraction of sp³-hybridized carbons (Fsp3) is 0.762. The molecule has 0 aliphatic heterocycles. The van der Waals surface area contributed by atoms with Crippen LogP contribution in [0.4, 0.5) is 0 Å². The van der Waals surface area contributed by atoms with Crippen LogP contribution in [0, 0.1) is 34.5 Å². The number of aliphatic hydroxyl groups is 2. The summed E-state index contributed by atoms with van der Waals surface area (Å²) in [5, 5.41) is 20.1. The molecule has 3 fully saturated rings. The SMILES string of the molecule is CC1C[C@@H]2[C@@H](CC[C@]3(C)C(O)CC[C@@H]23)[C@@]2(C)CC(=CO)C(=O)C=C12. The van der Waals surface area contributed by atoms with E-state index in [1.165, 1.54) is 5.57 Å². The first kappa shape index (κ1) is 16.4. The van der Waals surface area contributed by atoms with Crippen molar-refractivity contribution in [2.24, 2.45) is 34.5 Å². The van der Waals surface area contributed by atoms with Crippen LogP contribution in [0.2, 0.25) is 0 Å². The third-order valence-corrected chi connectivity index (χ3v) is 8.34. The van der Waals surface area contributed by atoms with Gasteiger partial charge in [0.1, 0.15) is 0 Å². The van der Waals surface area contributed by atoms with Crippen LogP contribution in [-0.4, -0.2) is 22.1 Å². The van der Waals surface area contributed by atoms with Gasteiger partial charge in [-0.25, -0.2) is 0 Å². The first-order valence-electron chi connectivity index (χ1n) is 9.59. The molecule has 4 rings (SSSR count). The maximum Gasteiger partial charge on any atom is 0.184 e. The molecular weight excluding hydrogens is 300 g/mol. The average Bonchev–Trinajstić information content (AvgIpc) is 2.84. The fourth-order valence-electron chi connectivity index (χ4n) is 7.06. The van der Waals surface area contributed by atoms with Gasteiger partial charge in [0.25, 0.3) is 0 Å². The number of hydrogen-bond acceptors (Lipinski definition) is 3. The van der Waals surface area contributed by atoms with Crippen molar-refractivity contribution in [2.45, 2.75) is 65.4 Å². The lowest BCUT2D eigenvalue weighted by molar-refractivity contribution is -0.114. The van der Waals surface area contributed by atoms with Gasteiger partial charge in [0.15, 0.2) is 5.78 Å². The molecular formula is C21H30O3. The lowest BCUT2D eigenvalue weighted by atomic mass is 9.45. The molecule has 0 heterocycles. The van der Waals surface area contributed by atoms with Gasteiger partial charge >= 0.3 is 0 Å². The summed E-state index contributed by atoms with van der Waals surface area (Å²) in [6.07, 6.45) is 8.82. The molecule has 0 aromatic heterocycles. The predicted octanol–water partition coefficient (Wildman–Crippen LogP) is 4.18. The van der Waals surface area contributed by atoms with Crippen molar-refractivity contribution in [1.29, 1.82) is 0 Å². The molecule has 0 amide bonds. The molecule has 132 valence electrons. The molecule has 3 heteroatoms. The second kappa shape index (κ2) is 5.20. The van der Waals surface area contributed by atoms with Crippen LogP contribution >= 0.6 is 0 Å². The summed E-state index contributed by atoms with van der Waals surface area (Å²) in [6.45, 7) is 6.88. The molecule has 0 spiro atoms. The van der Waals surface area contributed by atoms with Crippen LogP contribution < -0.4 is 0 Å². The summed E-state index contributed by atoms with van der Waals surface area (Å²) in [5.41, 5.74) is 1.94. The highest BCUT2D eigenvalue weighted by molar-refractivity contribution is 6.05. The minimum Gasteiger partial charge on any atom is -0.515 e. The van der Waals surface area contributed by atoms with Crippen molar-refractivity contribution < 1.29 is 15.0 Å². The Bertz CT molecular complexity index is 633. The Morgan fingerprint density at radius 2 is 1.96 bits per heavy atom. The number of carbonyl (C=O) groups excluding carboxylic acids is 1. The van der Waals surface area contributed by atoms with E-state index in [0.29, 0.717) is 35.7 Å². The summed E-state index contributed by atoms with van der Waals surface area (Å²) in [7, 11) is 0. The van der Waals surface area contributed by atoms with Crippen molar-refractivity contribution >= 4 is 5.78 Å². The van der Waals surface area contributed by atoms with E-state index in [0.717, 1.165) is 38.4 Å². The minimum atomic E-state index is -0.149. The van der Waals surface area contributed by atoms with E-state index < -0.39 is 0 Å². The quantitative estimate of drug-likeness (QED) is 0.517. The second-order valence-corrected chi connectivity index (χ2v) is 9.36. The fourth-order valence-corrected chi connectivity index (χ4v) is 7.06. The van der Waals surface area contributed by atoms with Crippen LogP contribution in [0.15, 0.2) is 23.5 Å². The minimum absolute atomic E-state index is 0.00721. The van der Waals surface area contributed by atoms with Crippen molar-refractivity contribution in [1.82, 2.24) is 0 Å². The van der Waals surface area contributed by atoms with Crippen LogP contribution in [0.5, 0.6) is 0 Å². The van der Waals surface area contributed by atoms with Gasteiger partial charge < -0.3 is 10.2 Å². The van der Waals surface area contributed by atoms with E-state index in [1.54, 1.807) is 0 Å². The number of ketones is 1. The van der Waals surface area contributed by atoms with Gasteiger partial charge in [0, 0.05) is 5.57 Å². The van der Waals surface area contributed by atoms with Crippen molar-refractivity contribution in [3.63, 3.8) is 0 Å². The smallest absolute Gasteiger partial charge is 0.184 e. The molecule has 4 aliphatic rings. The lowest BCUT2D eigenvalue weighted by Crippen LogP contribution is -2.53. The molecule has 2 N–H and O–H groups in total. The summed E-state index contributed by atoms with van der Waals surface area (Å²) in [6, 6.07) is 0. The largest absolute Gasteiger partial charge is 0.515 e. The van der Waals surface area contributed by atoms with E-state index in [1.807, 2.05) is 6.08 Å². The Kier molecular flexibility index (Phi) is 3.55. The Labute approximate surface area is 144 Å². The van der Waals surface area contributed by atoms with E-state index in [4.69, 9.17) is 0 Å². The number of allylic oxidation sites excluding steroid dienone is 2. The van der Waals surface area contributed by atoms with Crippen molar-refractivity contribution in [3.8, 4) is 0 Å². The number of carbonyl (C=O) groups is 1. The molecule has 0 bridgehead atoms. The van der Waals surface area contributed by atoms with E-state index in [9.17, 15) is 15.0 Å². The molecule has 4 aliphatic carbocycles. The summed E-state index contributed by atoms with van der Waals surface area (Å²) < 4.78 is 0. The van der Waals surface area contributed by atoms with Gasteiger partial charge in [-0.15, -0.1) is 0 Å². The van der Waals surface area contributed by atoms with Crippen LogP contribution in [-0.2, 0) is 4.79 Å². The van der Waals surface area contributed by atoms with Crippen LogP contribution in [0.3, 0.4) is 0 Å². The highest BCUT2D eigenvalue weighted by Gasteiger charge is 2.60. The zero-order valence-corrected chi connectivity index (χ0v) is 15.1. The van der Waals surface area contributed by atoms with Gasteiger partial charge in [-0.05, 0) is 79.1 Å². The van der Waals surface area contributed by atoms with Crippen molar-refractivity contribution in [2.75, 3.05) is 0 Å². The van der Waals surface area contributed by atoms with Crippen LogP contribution in [0.1, 0.15) is 59.3 Å². The summed E-state index contributed by atoms with van der Waals surface area (Å²) >= 11 is 0. The molecule has 0 aromatic rings. The van der Waals surface area contributed by atoms with E-state index in [2.05, 4.69) is 20.8 Å². The van der Waals surface area contributed by atoms with Gasteiger partial charge in [-0.1, -0.05) is 26.3 Å².